The first kappa shape index (κ1) is 12.3. The van der Waals surface area contributed by atoms with Crippen LogP contribution in [0.25, 0.3) is 0 Å². The molecule has 5 rings (SSSR count). The molecule has 0 saturated heterocycles. The number of nitrogens with one attached hydrogen (secondary N) is 1. The molecular formula is C14H21N5O. The van der Waals surface area contributed by atoms with Crippen molar-refractivity contribution in [1.82, 2.24) is 20.4 Å². The van der Waals surface area contributed by atoms with Crippen LogP contribution in [0.4, 0.5) is 0 Å². The van der Waals surface area contributed by atoms with Gasteiger partial charge < -0.3 is 0 Å². The van der Waals surface area contributed by atoms with Gasteiger partial charge in [0.2, 0.25) is 0 Å². The minimum atomic E-state index is -0.349. The van der Waals surface area contributed by atoms with E-state index >= 15 is 0 Å². The van der Waals surface area contributed by atoms with Gasteiger partial charge in [0.15, 0.2) is 5.69 Å². The fourth-order valence-corrected chi connectivity index (χ4v) is 5.18. The molecule has 0 atom stereocenters. The summed E-state index contributed by atoms with van der Waals surface area (Å²) in [5, 5.41) is 9.04. The number of aromatic nitrogens is 3. The van der Waals surface area contributed by atoms with Crippen molar-refractivity contribution in [2.45, 2.75) is 51.0 Å². The van der Waals surface area contributed by atoms with Gasteiger partial charge >= 0.3 is 0 Å². The normalized spacial score (nSPS) is 38.2. The Morgan fingerprint density at radius 1 is 1.20 bits per heavy atom. The van der Waals surface area contributed by atoms with E-state index in [1.165, 1.54) is 38.5 Å². The topological polar surface area (TPSA) is 85.8 Å². The van der Waals surface area contributed by atoms with Crippen molar-refractivity contribution in [2.75, 3.05) is 0 Å². The molecule has 3 N–H and O–H groups in total. The first-order valence-electron chi connectivity index (χ1n) is 7.55. The van der Waals surface area contributed by atoms with Crippen molar-refractivity contribution in [3.05, 3.63) is 11.4 Å². The quantitative estimate of drug-likeness (QED) is 0.481. The van der Waals surface area contributed by atoms with E-state index in [4.69, 9.17) is 5.84 Å². The number of amides is 1. The second-order valence-electron chi connectivity index (χ2n) is 7.04. The predicted octanol–water partition coefficient (Wildman–Crippen LogP) is 1.12. The van der Waals surface area contributed by atoms with Crippen LogP contribution >= 0.6 is 0 Å². The highest BCUT2D eigenvalue weighted by Crippen LogP contribution is 2.58. The van der Waals surface area contributed by atoms with Crippen LogP contribution in [0.2, 0.25) is 0 Å². The SMILES string of the molecule is Cc1nn(C23CC4CC(CC(C4)C2)C3)nc1C(=O)NN. The molecule has 4 aliphatic carbocycles. The van der Waals surface area contributed by atoms with Gasteiger partial charge in [0.05, 0.1) is 11.2 Å². The maximum atomic E-state index is 11.7. The van der Waals surface area contributed by atoms with Gasteiger partial charge in [-0.15, -0.1) is 5.10 Å². The van der Waals surface area contributed by atoms with E-state index in [0.717, 1.165) is 17.8 Å². The third-order valence-electron chi connectivity index (χ3n) is 5.56. The van der Waals surface area contributed by atoms with E-state index in [0.29, 0.717) is 11.4 Å². The molecule has 4 fully saturated rings. The minimum absolute atomic E-state index is 0.0621. The minimum Gasteiger partial charge on any atom is -0.289 e. The zero-order valence-corrected chi connectivity index (χ0v) is 11.8. The summed E-state index contributed by atoms with van der Waals surface area (Å²) in [5.74, 6) is 7.36. The average molecular weight is 275 g/mol. The third kappa shape index (κ3) is 1.63. The number of nitrogens with two attached hydrogens (primary N) is 1. The Labute approximate surface area is 118 Å². The van der Waals surface area contributed by atoms with Crippen molar-refractivity contribution in [2.24, 2.45) is 23.6 Å². The lowest BCUT2D eigenvalue weighted by molar-refractivity contribution is -0.0568. The summed E-state index contributed by atoms with van der Waals surface area (Å²) in [6.07, 6.45) is 7.69. The first-order chi connectivity index (χ1) is 9.59. The molecule has 6 nitrogen and oxygen atoms in total. The number of rotatable bonds is 2. The number of carbonyl (C=O) groups excluding carboxylic acids is 1. The van der Waals surface area contributed by atoms with Gasteiger partial charge in [0.25, 0.3) is 5.91 Å². The number of hydrazine groups is 1. The third-order valence-corrected chi connectivity index (χ3v) is 5.56. The van der Waals surface area contributed by atoms with Crippen LogP contribution in [0, 0.1) is 24.7 Å². The van der Waals surface area contributed by atoms with Crippen molar-refractivity contribution >= 4 is 5.91 Å². The lowest BCUT2D eigenvalue weighted by Crippen LogP contribution is -2.52. The maximum absolute atomic E-state index is 11.7. The van der Waals surface area contributed by atoms with Crippen LogP contribution in [-0.2, 0) is 5.54 Å². The van der Waals surface area contributed by atoms with Crippen LogP contribution in [-0.4, -0.2) is 20.9 Å². The van der Waals surface area contributed by atoms with Crippen LogP contribution in [0.3, 0.4) is 0 Å². The molecule has 20 heavy (non-hydrogen) atoms. The molecule has 6 heteroatoms. The largest absolute Gasteiger partial charge is 0.289 e. The summed E-state index contributed by atoms with van der Waals surface area (Å²) in [6, 6.07) is 0. The number of hydrogen-bond acceptors (Lipinski definition) is 4. The van der Waals surface area contributed by atoms with Gasteiger partial charge in [-0.05, 0) is 63.2 Å². The van der Waals surface area contributed by atoms with Crippen LogP contribution in [0.5, 0.6) is 0 Å². The fourth-order valence-electron chi connectivity index (χ4n) is 5.18. The van der Waals surface area contributed by atoms with Gasteiger partial charge in [-0.1, -0.05) is 0 Å². The lowest BCUT2D eigenvalue weighted by Gasteiger charge is -2.55. The molecule has 4 saturated carbocycles. The second kappa shape index (κ2) is 4.04. The maximum Gasteiger partial charge on any atom is 0.287 e. The Bertz CT molecular complexity index is 529. The van der Waals surface area contributed by atoms with Gasteiger partial charge in [0.1, 0.15) is 0 Å². The van der Waals surface area contributed by atoms with Crippen molar-refractivity contribution < 1.29 is 4.79 Å². The van der Waals surface area contributed by atoms with Crippen LogP contribution in [0.15, 0.2) is 0 Å². The van der Waals surface area contributed by atoms with Crippen LogP contribution < -0.4 is 11.3 Å². The molecular weight excluding hydrogens is 254 g/mol. The number of aryl methyl sites for hydroxylation is 1. The molecule has 1 aromatic heterocycles. The molecule has 1 heterocycles. The van der Waals surface area contributed by atoms with E-state index in [1.54, 1.807) is 0 Å². The van der Waals surface area contributed by atoms with Gasteiger partial charge in [0, 0.05) is 0 Å². The molecule has 0 radical (unpaired) electrons. The van der Waals surface area contributed by atoms with Gasteiger partial charge in [-0.3, -0.25) is 10.2 Å². The first-order valence-corrected chi connectivity index (χ1v) is 7.55. The number of hydrogen-bond donors (Lipinski definition) is 2. The summed E-state index contributed by atoms with van der Waals surface area (Å²) >= 11 is 0. The Morgan fingerprint density at radius 3 is 2.25 bits per heavy atom. The Hall–Kier alpha value is -1.43. The van der Waals surface area contributed by atoms with E-state index in [-0.39, 0.29) is 11.4 Å². The number of nitrogens with zero attached hydrogens (tertiary/aromatic N) is 3. The Kier molecular flexibility index (Phi) is 2.49. The van der Waals surface area contributed by atoms with Gasteiger partial charge in [-0.2, -0.15) is 9.90 Å². The highest BCUT2D eigenvalue weighted by Gasteiger charge is 2.53. The highest BCUT2D eigenvalue weighted by molar-refractivity contribution is 5.92. The number of carbonyl (C=O) groups is 1. The van der Waals surface area contributed by atoms with Crippen molar-refractivity contribution in [1.29, 1.82) is 0 Å². The van der Waals surface area contributed by atoms with Crippen LogP contribution in [0.1, 0.15) is 54.7 Å². The van der Waals surface area contributed by atoms with E-state index in [9.17, 15) is 4.79 Å². The summed E-state index contributed by atoms with van der Waals surface area (Å²) in [7, 11) is 0. The molecule has 0 unspecified atom stereocenters. The molecule has 0 spiro atoms. The van der Waals surface area contributed by atoms with Gasteiger partial charge in [-0.25, -0.2) is 5.84 Å². The van der Waals surface area contributed by atoms with E-state index in [2.05, 4.69) is 15.6 Å². The summed E-state index contributed by atoms with van der Waals surface area (Å²) < 4.78 is 0. The molecule has 4 aliphatic rings. The number of nitrogen functional groups attached to an aromatic ring is 1. The predicted molar refractivity (Wildman–Crippen MR) is 72.6 cm³/mol. The molecule has 1 amide bonds. The zero-order valence-electron chi connectivity index (χ0n) is 11.8. The smallest absolute Gasteiger partial charge is 0.287 e. The monoisotopic (exact) mass is 275 g/mol. The molecule has 0 aromatic carbocycles. The lowest BCUT2D eigenvalue weighted by atomic mass is 9.53. The van der Waals surface area contributed by atoms with Crippen molar-refractivity contribution in [3.63, 3.8) is 0 Å². The summed E-state index contributed by atoms with van der Waals surface area (Å²) in [4.78, 5) is 13.6. The summed E-state index contributed by atoms with van der Waals surface area (Å²) in [5.41, 5.74) is 3.25. The summed E-state index contributed by atoms with van der Waals surface area (Å²) in [6.45, 7) is 1.83. The average Bonchev–Trinajstić information content (AvgIpc) is 2.79. The fraction of sp³-hybridized carbons (Fsp3) is 0.786. The molecule has 4 bridgehead atoms. The highest BCUT2D eigenvalue weighted by atomic mass is 16.2. The molecule has 108 valence electrons. The Morgan fingerprint density at radius 2 is 1.75 bits per heavy atom. The molecule has 0 aliphatic heterocycles. The van der Waals surface area contributed by atoms with E-state index < -0.39 is 0 Å². The van der Waals surface area contributed by atoms with E-state index in [1.807, 2.05) is 11.7 Å². The zero-order chi connectivity index (χ0) is 13.9. The van der Waals surface area contributed by atoms with Crippen molar-refractivity contribution in [3.8, 4) is 0 Å². The second-order valence-corrected chi connectivity index (χ2v) is 7.04. The Balaban J connectivity index is 1.72. The molecule has 1 aromatic rings. The standard InChI is InChI=1S/C14H21N5O/c1-8-12(13(20)16-15)18-19(17-8)14-5-9-2-10(6-14)4-11(3-9)7-14/h9-11H,2-7,15H2,1H3,(H,16,20).